The lowest BCUT2D eigenvalue weighted by atomic mass is 10.1. The molecule has 4 nitrogen and oxygen atoms in total. The third kappa shape index (κ3) is 1.87. The summed E-state index contributed by atoms with van der Waals surface area (Å²) >= 11 is 0. The fourth-order valence-electron chi connectivity index (χ4n) is 2.93. The second-order valence-corrected chi connectivity index (χ2v) is 5.46. The molecule has 1 aliphatic heterocycles. The quantitative estimate of drug-likeness (QED) is 0.741. The van der Waals surface area contributed by atoms with Gasteiger partial charge in [-0.3, -0.25) is 0 Å². The summed E-state index contributed by atoms with van der Waals surface area (Å²) in [6.07, 6.45) is -0.0731. The Labute approximate surface area is 123 Å². The maximum absolute atomic E-state index is 6.21. The highest BCUT2D eigenvalue weighted by molar-refractivity contribution is 5.76. The van der Waals surface area contributed by atoms with E-state index < -0.39 is 0 Å². The smallest absolute Gasteiger partial charge is 0.173 e. The van der Waals surface area contributed by atoms with Crippen LogP contribution in [0.5, 0.6) is 5.75 Å². The standard InChI is InChI=1S/C17H17N3O/c1-11-6-5-8-13-16(11)21-15(10-18-13)17-19-12-7-3-4-9-14(12)20(17)2/h3-9,15,18H,10H2,1-2H3. The van der Waals surface area contributed by atoms with Crippen molar-refractivity contribution in [3.63, 3.8) is 0 Å². The van der Waals surface area contributed by atoms with E-state index in [1.807, 2.05) is 37.4 Å². The molecular weight excluding hydrogens is 262 g/mol. The Morgan fingerprint density at radius 3 is 2.90 bits per heavy atom. The number of nitrogens with zero attached hydrogens (tertiary/aromatic N) is 2. The number of aromatic nitrogens is 2. The van der Waals surface area contributed by atoms with E-state index in [9.17, 15) is 0 Å². The Bertz CT molecular complexity index is 822. The molecule has 0 bridgehead atoms. The van der Waals surface area contributed by atoms with Crippen LogP contribution in [0.3, 0.4) is 0 Å². The molecule has 1 aliphatic rings. The third-order valence-corrected chi connectivity index (χ3v) is 4.06. The summed E-state index contributed by atoms with van der Waals surface area (Å²) in [6.45, 7) is 2.80. The zero-order valence-electron chi connectivity index (χ0n) is 12.1. The van der Waals surface area contributed by atoms with Crippen LogP contribution in [0.25, 0.3) is 11.0 Å². The zero-order chi connectivity index (χ0) is 14.4. The van der Waals surface area contributed by atoms with Crippen LogP contribution in [0.4, 0.5) is 5.69 Å². The van der Waals surface area contributed by atoms with Gasteiger partial charge in [0, 0.05) is 7.05 Å². The fraction of sp³-hybridized carbons (Fsp3) is 0.235. The number of aryl methyl sites for hydroxylation is 2. The van der Waals surface area contributed by atoms with Crippen LogP contribution >= 0.6 is 0 Å². The number of para-hydroxylation sites is 3. The molecule has 0 saturated heterocycles. The molecule has 21 heavy (non-hydrogen) atoms. The minimum absolute atomic E-state index is 0.0731. The highest BCUT2D eigenvalue weighted by atomic mass is 16.5. The molecule has 1 unspecified atom stereocenters. The normalized spacial score (nSPS) is 17.1. The first kappa shape index (κ1) is 12.3. The molecule has 3 aromatic rings. The van der Waals surface area contributed by atoms with Gasteiger partial charge in [0.05, 0.1) is 23.3 Å². The molecule has 4 rings (SSSR count). The predicted molar refractivity (Wildman–Crippen MR) is 83.8 cm³/mol. The first-order valence-electron chi connectivity index (χ1n) is 7.15. The first-order chi connectivity index (χ1) is 10.2. The molecular formula is C17H17N3O. The van der Waals surface area contributed by atoms with Crippen LogP contribution in [0.2, 0.25) is 0 Å². The number of hydrogen-bond donors (Lipinski definition) is 1. The minimum Gasteiger partial charge on any atom is -0.478 e. The van der Waals surface area contributed by atoms with Gasteiger partial charge in [0.25, 0.3) is 0 Å². The number of imidazole rings is 1. The Balaban J connectivity index is 1.77. The minimum atomic E-state index is -0.0731. The zero-order valence-corrected chi connectivity index (χ0v) is 12.1. The van der Waals surface area contributed by atoms with Crippen LogP contribution in [-0.2, 0) is 7.05 Å². The van der Waals surface area contributed by atoms with Crippen molar-refractivity contribution in [2.45, 2.75) is 13.0 Å². The van der Waals surface area contributed by atoms with E-state index in [4.69, 9.17) is 9.72 Å². The molecule has 0 aliphatic carbocycles. The largest absolute Gasteiger partial charge is 0.478 e. The molecule has 0 spiro atoms. The maximum atomic E-state index is 6.21. The maximum Gasteiger partial charge on any atom is 0.173 e. The van der Waals surface area contributed by atoms with Crippen molar-refractivity contribution in [1.82, 2.24) is 9.55 Å². The average molecular weight is 279 g/mol. The van der Waals surface area contributed by atoms with Gasteiger partial charge < -0.3 is 14.6 Å². The van der Waals surface area contributed by atoms with Crippen molar-refractivity contribution in [2.24, 2.45) is 7.05 Å². The summed E-state index contributed by atoms with van der Waals surface area (Å²) in [7, 11) is 2.04. The topological polar surface area (TPSA) is 39.1 Å². The van der Waals surface area contributed by atoms with E-state index in [-0.39, 0.29) is 6.10 Å². The van der Waals surface area contributed by atoms with E-state index in [2.05, 4.69) is 28.9 Å². The third-order valence-electron chi connectivity index (χ3n) is 4.06. The van der Waals surface area contributed by atoms with Crippen molar-refractivity contribution in [1.29, 1.82) is 0 Å². The number of rotatable bonds is 1. The Kier molecular flexibility index (Phi) is 2.64. The fourth-order valence-corrected chi connectivity index (χ4v) is 2.93. The highest BCUT2D eigenvalue weighted by Crippen LogP contribution is 2.36. The summed E-state index contributed by atoms with van der Waals surface area (Å²) in [6, 6.07) is 14.3. The molecule has 0 saturated carbocycles. The summed E-state index contributed by atoms with van der Waals surface area (Å²) in [5.41, 5.74) is 4.34. The van der Waals surface area contributed by atoms with Crippen molar-refractivity contribution in [3.8, 4) is 5.75 Å². The van der Waals surface area contributed by atoms with Gasteiger partial charge in [-0.15, -0.1) is 0 Å². The van der Waals surface area contributed by atoms with Gasteiger partial charge in [-0.25, -0.2) is 4.98 Å². The Morgan fingerprint density at radius 1 is 1.19 bits per heavy atom. The molecule has 2 aromatic carbocycles. The van der Waals surface area contributed by atoms with Gasteiger partial charge in [0.15, 0.2) is 11.9 Å². The van der Waals surface area contributed by atoms with Crippen LogP contribution in [-0.4, -0.2) is 16.1 Å². The lowest BCUT2D eigenvalue weighted by Crippen LogP contribution is -2.26. The molecule has 4 heteroatoms. The second kappa shape index (κ2) is 4.52. The molecule has 1 atom stereocenters. The number of anilines is 1. The molecule has 0 fully saturated rings. The van der Waals surface area contributed by atoms with E-state index in [0.29, 0.717) is 0 Å². The van der Waals surface area contributed by atoms with Crippen molar-refractivity contribution in [3.05, 3.63) is 53.9 Å². The SMILES string of the molecule is Cc1cccc2c1OC(c1nc3ccccc3n1C)CN2. The van der Waals surface area contributed by atoms with Crippen LogP contribution in [0.15, 0.2) is 42.5 Å². The van der Waals surface area contributed by atoms with Gasteiger partial charge in [0.2, 0.25) is 0 Å². The highest BCUT2D eigenvalue weighted by Gasteiger charge is 2.26. The number of nitrogens with one attached hydrogen (secondary N) is 1. The van der Waals surface area contributed by atoms with Gasteiger partial charge in [-0.2, -0.15) is 0 Å². The molecule has 2 heterocycles. The van der Waals surface area contributed by atoms with Crippen LogP contribution in [0.1, 0.15) is 17.5 Å². The van der Waals surface area contributed by atoms with E-state index >= 15 is 0 Å². The number of benzene rings is 2. The second-order valence-electron chi connectivity index (χ2n) is 5.46. The van der Waals surface area contributed by atoms with E-state index in [1.54, 1.807) is 0 Å². The van der Waals surface area contributed by atoms with Crippen LogP contribution in [0, 0.1) is 6.92 Å². The molecule has 1 N–H and O–H groups in total. The van der Waals surface area contributed by atoms with Crippen molar-refractivity contribution in [2.75, 3.05) is 11.9 Å². The Hall–Kier alpha value is -2.49. The summed E-state index contributed by atoms with van der Waals surface area (Å²) in [5.74, 6) is 1.89. The molecule has 0 amide bonds. The van der Waals surface area contributed by atoms with Crippen LogP contribution < -0.4 is 10.1 Å². The lowest BCUT2D eigenvalue weighted by Gasteiger charge is -2.28. The summed E-state index contributed by atoms with van der Waals surface area (Å²) in [5, 5.41) is 3.45. The van der Waals surface area contributed by atoms with Crippen molar-refractivity contribution >= 4 is 16.7 Å². The number of ether oxygens (including phenoxy) is 1. The first-order valence-corrected chi connectivity index (χ1v) is 7.15. The average Bonchev–Trinajstić information content (AvgIpc) is 2.85. The number of fused-ring (bicyclic) bond motifs is 2. The monoisotopic (exact) mass is 279 g/mol. The lowest BCUT2D eigenvalue weighted by molar-refractivity contribution is 0.196. The predicted octanol–water partition coefficient (Wildman–Crippen LogP) is 3.43. The van der Waals surface area contributed by atoms with Gasteiger partial charge in [-0.1, -0.05) is 24.3 Å². The van der Waals surface area contributed by atoms with Crippen molar-refractivity contribution < 1.29 is 4.74 Å². The molecule has 1 aromatic heterocycles. The molecule has 106 valence electrons. The Morgan fingerprint density at radius 2 is 2.05 bits per heavy atom. The molecule has 0 radical (unpaired) electrons. The van der Waals surface area contributed by atoms with E-state index in [1.165, 1.54) is 0 Å². The summed E-state index contributed by atoms with van der Waals surface area (Å²) < 4.78 is 8.33. The summed E-state index contributed by atoms with van der Waals surface area (Å²) in [4.78, 5) is 4.74. The van der Waals surface area contributed by atoms with Gasteiger partial charge >= 0.3 is 0 Å². The van der Waals surface area contributed by atoms with Gasteiger partial charge in [-0.05, 0) is 30.7 Å². The van der Waals surface area contributed by atoms with Gasteiger partial charge in [0.1, 0.15) is 5.75 Å². The number of hydrogen-bond acceptors (Lipinski definition) is 3. The van der Waals surface area contributed by atoms with E-state index in [0.717, 1.165) is 40.4 Å².